The molecule has 5 heteroatoms. The summed E-state index contributed by atoms with van der Waals surface area (Å²) in [5.41, 5.74) is 0.803. The van der Waals surface area contributed by atoms with Gasteiger partial charge in [-0.1, -0.05) is 22.9 Å². The van der Waals surface area contributed by atoms with Crippen molar-refractivity contribution in [3.63, 3.8) is 0 Å². The third-order valence-corrected chi connectivity index (χ3v) is 5.41. The molecule has 1 amide bonds. The van der Waals surface area contributed by atoms with Gasteiger partial charge < -0.3 is 4.90 Å². The number of nitrogens with zero attached hydrogens (tertiary/aromatic N) is 2. The van der Waals surface area contributed by atoms with E-state index in [1.165, 1.54) is 0 Å². The third kappa shape index (κ3) is 3.74. The summed E-state index contributed by atoms with van der Waals surface area (Å²) in [5.74, 6) is 0.152. The average molecular weight is 451 g/mol. The number of carbonyl (C=O) groups excluding carboxylic acids is 1. The first-order valence-electron chi connectivity index (χ1n) is 7.01. The van der Waals surface area contributed by atoms with Crippen molar-refractivity contribution >= 4 is 44.4 Å². The van der Waals surface area contributed by atoms with Crippen molar-refractivity contribution in [1.82, 2.24) is 9.80 Å². The number of rotatable bonds is 3. The monoisotopic (exact) mass is 450 g/mol. The van der Waals surface area contributed by atoms with Crippen LogP contribution in [0.25, 0.3) is 0 Å². The van der Waals surface area contributed by atoms with Crippen molar-refractivity contribution in [2.24, 2.45) is 0 Å². The zero-order valence-corrected chi connectivity index (χ0v) is 15.6. The Morgan fingerprint density at radius 3 is 2.60 bits per heavy atom. The first kappa shape index (κ1) is 16.2. The van der Waals surface area contributed by atoms with Crippen LogP contribution in [0.4, 0.5) is 0 Å². The van der Waals surface area contributed by atoms with Crippen molar-refractivity contribution < 1.29 is 4.79 Å². The summed E-state index contributed by atoms with van der Waals surface area (Å²) in [6.45, 7) is 8.08. The molecule has 1 atom stereocenters. The molecule has 110 valence electrons. The van der Waals surface area contributed by atoms with Crippen LogP contribution in [-0.4, -0.2) is 47.9 Å². The van der Waals surface area contributed by atoms with Crippen LogP contribution in [0.15, 0.2) is 22.7 Å². The maximum Gasteiger partial charge on any atom is 0.255 e. The minimum absolute atomic E-state index is 0.152. The Hall–Kier alpha value is -0.140. The summed E-state index contributed by atoms with van der Waals surface area (Å²) in [7, 11) is 0. The van der Waals surface area contributed by atoms with Gasteiger partial charge in [-0.2, -0.15) is 0 Å². The standard InChI is InChI=1S/C15H20BrIN2O/c1-3-11(2)18-6-8-19(9-7-18)15(20)13-10-12(16)4-5-14(13)17/h4-5,10-11H,3,6-9H2,1-2H3. The smallest absolute Gasteiger partial charge is 0.255 e. The van der Waals surface area contributed by atoms with Crippen molar-refractivity contribution in [2.75, 3.05) is 26.2 Å². The summed E-state index contributed by atoms with van der Waals surface area (Å²) >= 11 is 5.67. The van der Waals surface area contributed by atoms with E-state index in [4.69, 9.17) is 0 Å². The van der Waals surface area contributed by atoms with Crippen molar-refractivity contribution in [1.29, 1.82) is 0 Å². The number of hydrogen-bond donors (Lipinski definition) is 0. The number of benzene rings is 1. The van der Waals surface area contributed by atoms with Gasteiger partial charge >= 0.3 is 0 Å². The summed E-state index contributed by atoms with van der Waals surface area (Å²) in [6, 6.07) is 6.48. The fourth-order valence-corrected chi connectivity index (χ4v) is 3.38. The quantitative estimate of drug-likeness (QED) is 0.656. The molecule has 0 spiro atoms. The van der Waals surface area contributed by atoms with E-state index in [9.17, 15) is 4.79 Å². The molecule has 0 saturated carbocycles. The molecule has 1 aliphatic heterocycles. The van der Waals surface area contributed by atoms with Gasteiger partial charge in [0.1, 0.15) is 0 Å². The molecule has 1 fully saturated rings. The average Bonchev–Trinajstić information content (AvgIpc) is 2.48. The molecule has 0 radical (unpaired) electrons. The highest BCUT2D eigenvalue weighted by atomic mass is 127. The predicted octanol–water partition coefficient (Wildman–Crippen LogP) is 3.61. The molecule has 1 saturated heterocycles. The highest BCUT2D eigenvalue weighted by Gasteiger charge is 2.25. The maximum absolute atomic E-state index is 12.6. The molecule has 0 aliphatic carbocycles. The lowest BCUT2D eigenvalue weighted by molar-refractivity contribution is 0.0578. The Balaban J connectivity index is 2.03. The largest absolute Gasteiger partial charge is 0.336 e. The number of halogens is 2. The molecular weight excluding hydrogens is 431 g/mol. The lowest BCUT2D eigenvalue weighted by atomic mass is 10.1. The van der Waals surface area contributed by atoms with E-state index in [1.807, 2.05) is 23.1 Å². The van der Waals surface area contributed by atoms with Gasteiger partial charge in [-0.05, 0) is 54.1 Å². The SMILES string of the molecule is CCC(C)N1CCN(C(=O)c2cc(Br)ccc2I)CC1. The van der Waals surface area contributed by atoms with E-state index < -0.39 is 0 Å². The molecule has 0 N–H and O–H groups in total. The summed E-state index contributed by atoms with van der Waals surface area (Å²) in [5, 5.41) is 0. The number of piperazine rings is 1. The predicted molar refractivity (Wildman–Crippen MR) is 94.1 cm³/mol. The van der Waals surface area contributed by atoms with Gasteiger partial charge in [-0.25, -0.2) is 0 Å². The van der Waals surface area contributed by atoms with E-state index in [2.05, 4.69) is 57.3 Å². The van der Waals surface area contributed by atoms with Gasteiger partial charge in [0.2, 0.25) is 0 Å². The molecule has 3 nitrogen and oxygen atoms in total. The van der Waals surface area contributed by atoms with Crippen molar-refractivity contribution in [3.8, 4) is 0 Å². The first-order valence-corrected chi connectivity index (χ1v) is 8.88. The second-order valence-electron chi connectivity index (χ2n) is 5.21. The van der Waals surface area contributed by atoms with Gasteiger partial charge in [-0.3, -0.25) is 9.69 Å². The zero-order chi connectivity index (χ0) is 14.7. The molecule has 0 aromatic heterocycles. The van der Waals surface area contributed by atoms with Crippen LogP contribution in [0.1, 0.15) is 30.6 Å². The van der Waals surface area contributed by atoms with Gasteiger partial charge in [0.05, 0.1) is 5.56 Å². The number of carbonyl (C=O) groups is 1. The molecule has 1 unspecified atom stereocenters. The molecule has 0 bridgehead atoms. The lowest BCUT2D eigenvalue weighted by Gasteiger charge is -2.38. The Bertz CT molecular complexity index is 487. The Morgan fingerprint density at radius 1 is 1.35 bits per heavy atom. The molecule has 1 aromatic rings. The Kier molecular flexibility index (Phi) is 5.86. The third-order valence-electron chi connectivity index (χ3n) is 3.97. The lowest BCUT2D eigenvalue weighted by Crippen LogP contribution is -2.51. The van der Waals surface area contributed by atoms with Crippen LogP contribution in [0.3, 0.4) is 0 Å². The zero-order valence-electron chi connectivity index (χ0n) is 11.9. The second-order valence-corrected chi connectivity index (χ2v) is 7.29. The number of hydrogen-bond acceptors (Lipinski definition) is 2. The van der Waals surface area contributed by atoms with Crippen LogP contribution in [0.5, 0.6) is 0 Å². The van der Waals surface area contributed by atoms with Gasteiger partial charge in [0, 0.05) is 40.3 Å². The topological polar surface area (TPSA) is 23.6 Å². The van der Waals surface area contributed by atoms with E-state index in [-0.39, 0.29) is 5.91 Å². The van der Waals surface area contributed by atoms with Gasteiger partial charge in [-0.15, -0.1) is 0 Å². The summed E-state index contributed by atoms with van der Waals surface area (Å²) < 4.78 is 1.97. The summed E-state index contributed by atoms with van der Waals surface area (Å²) in [6.07, 6.45) is 1.16. The molecular formula is C15H20BrIN2O. The molecule has 1 aliphatic rings. The van der Waals surface area contributed by atoms with Crippen molar-refractivity contribution in [3.05, 3.63) is 31.8 Å². The van der Waals surface area contributed by atoms with E-state index in [1.54, 1.807) is 0 Å². The highest BCUT2D eigenvalue weighted by Crippen LogP contribution is 2.21. The molecule has 2 rings (SSSR count). The fourth-order valence-electron chi connectivity index (χ4n) is 2.46. The maximum atomic E-state index is 12.6. The van der Waals surface area contributed by atoms with Crippen LogP contribution < -0.4 is 0 Å². The normalized spacial score (nSPS) is 18.1. The Labute approximate surface area is 143 Å². The second kappa shape index (κ2) is 7.22. The van der Waals surface area contributed by atoms with Gasteiger partial charge in [0.15, 0.2) is 0 Å². The van der Waals surface area contributed by atoms with Crippen LogP contribution >= 0.6 is 38.5 Å². The minimum Gasteiger partial charge on any atom is -0.336 e. The first-order chi connectivity index (χ1) is 9.52. The highest BCUT2D eigenvalue weighted by molar-refractivity contribution is 14.1. The van der Waals surface area contributed by atoms with Crippen LogP contribution in [0.2, 0.25) is 0 Å². The van der Waals surface area contributed by atoms with Crippen LogP contribution in [0, 0.1) is 3.57 Å². The Morgan fingerprint density at radius 2 is 2.00 bits per heavy atom. The van der Waals surface area contributed by atoms with Crippen molar-refractivity contribution in [2.45, 2.75) is 26.3 Å². The van der Waals surface area contributed by atoms with E-state index >= 15 is 0 Å². The van der Waals surface area contributed by atoms with Crippen LogP contribution in [-0.2, 0) is 0 Å². The minimum atomic E-state index is 0.152. The van der Waals surface area contributed by atoms with E-state index in [0.29, 0.717) is 6.04 Å². The fraction of sp³-hybridized carbons (Fsp3) is 0.533. The van der Waals surface area contributed by atoms with E-state index in [0.717, 1.165) is 46.2 Å². The summed E-state index contributed by atoms with van der Waals surface area (Å²) in [4.78, 5) is 17.0. The van der Waals surface area contributed by atoms with Gasteiger partial charge in [0.25, 0.3) is 5.91 Å². The molecule has 20 heavy (non-hydrogen) atoms. The number of amides is 1. The molecule has 1 heterocycles. The molecule has 1 aromatic carbocycles.